The van der Waals surface area contributed by atoms with Crippen LogP contribution in [0.2, 0.25) is 5.02 Å². The molecule has 0 aliphatic heterocycles. The van der Waals surface area contributed by atoms with Crippen LogP contribution in [0.3, 0.4) is 0 Å². The second kappa shape index (κ2) is 5.64. The van der Waals surface area contributed by atoms with E-state index in [1.165, 1.54) is 0 Å². The molecule has 6 heteroatoms. The maximum atomic E-state index is 12.4. The third kappa shape index (κ3) is 3.95. The third-order valence-electron chi connectivity index (χ3n) is 3.38. The Morgan fingerprint density at radius 3 is 2.55 bits per heavy atom. The molecular weight excluding hydrogens is 296 g/mol. The Morgan fingerprint density at radius 1 is 1.35 bits per heavy atom. The summed E-state index contributed by atoms with van der Waals surface area (Å²) in [5.74, 6) is 0. The number of hydrogen-bond acceptors (Lipinski definition) is 3. The summed E-state index contributed by atoms with van der Waals surface area (Å²) in [4.78, 5) is 0.162. The van der Waals surface area contributed by atoms with Crippen LogP contribution in [0.15, 0.2) is 23.1 Å². The van der Waals surface area contributed by atoms with E-state index in [-0.39, 0.29) is 15.5 Å². The van der Waals surface area contributed by atoms with Gasteiger partial charge in [0.05, 0.1) is 5.02 Å². The van der Waals surface area contributed by atoms with E-state index in [0.717, 1.165) is 18.4 Å². The second-order valence-corrected chi connectivity index (χ2v) is 8.02. The molecule has 1 aromatic carbocycles. The number of rotatable bonds is 6. The molecule has 4 nitrogen and oxygen atoms in total. The van der Waals surface area contributed by atoms with Crippen molar-refractivity contribution >= 4 is 21.6 Å². The van der Waals surface area contributed by atoms with Crippen LogP contribution in [0.1, 0.15) is 39.2 Å². The van der Waals surface area contributed by atoms with Gasteiger partial charge in [-0.3, -0.25) is 0 Å². The Bertz CT molecular complexity index is 595. The van der Waals surface area contributed by atoms with Gasteiger partial charge in [-0.15, -0.1) is 0 Å². The van der Waals surface area contributed by atoms with E-state index >= 15 is 0 Å². The smallest absolute Gasteiger partial charge is 0.242 e. The zero-order valence-electron chi connectivity index (χ0n) is 12.0. The average molecular weight is 317 g/mol. The van der Waals surface area contributed by atoms with Crippen molar-refractivity contribution in [3.05, 3.63) is 28.8 Å². The molecule has 0 amide bonds. The molecule has 0 unspecified atom stereocenters. The minimum atomic E-state index is -3.56. The molecule has 0 spiro atoms. The van der Waals surface area contributed by atoms with E-state index in [4.69, 9.17) is 11.6 Å². The summed E-state index contributed by atoms with van der Waals surface area (Å²) in [6.07, 6.45) is 1.75. The lowest BCUT2D eigenvalue weighted by atomic mass is 10.2. The molecule has 1 saturated carbocycles. The molecule has 0 aromatic heterocycles. The van der Waals surface area contributed by atoms with Crippen LogP contribution in [0, 0.1) is 0 Å². The number of halogens is 1. The zero-order valence-corrected chi connectivity index (χ0v) is 13.6. The van der Waals surface area contributed by atoms with Crippen molar-refractivity contribution in [2.45, 2.75) is 56.6 Å². The normalized spacial score (nSPS) is 17.4. The van der Waals surface area contributed by atoms with Crippen molar-refractivity contribution in [2.24, 2.45) is 0 Å². The topological polar surface area (TPSA) is 58.2 Å². The SMILES string of the molecule is CC(C)NCc1ccc(Cl)c(S(=O)(=O)NC2(C)CC2)c1. The van der Waals surface area contributed by atoms with Gasteiger partial charge in [-0.2, -0.15) is 0 Å². The molecule has 0 heterocycles. The van der Waals surface area contributed by atoms with Crippen LogP contribution in [0.5, 0.6) is 0 Å². The minimum absolute atomic E-state index is 0.162. The summed E-state index contributed by atoms with van der Waals surface area (Å²) < 4.78 is 27.5. The Balaban J connectivity index is 2.23. The first-order valence-corrected chi connectivity index (χ1v) is 8.64. The molecule has 0 bridgehead atoms. The Hall–Kier alpha value is -0.620. The molecule has 1 aromatic rings. The number of benzene rings is 1. The van der Waals surface area contributed by atoms with Gasteiger partial charge in [-0.05, 0) is 37.5 Å². The predicted octanol–water partition coefficient (Wildman–Crippen LogP) is 2.67. The lowest BCUT2D eigenvalue weighted by Crippen LogP contribution is -2.34. The number of hydrogen-bond donors (Lipinski definition) is 2. The molecule has 112 valence electrons. The quantitative estimate of drug-likeness (QED) is 0.848. The third-order valence-corrected chi connectivity index (χ3v) is 5.50. The van der Waals surface area contributed by atoms with Crippen molar-refractivity contribution in [1.82, 2.24) is 10.0 Å². The molecule has 2 rings (SSSR count). The van der Waals surface area contributed by atoms with Gasteiger partial charge in [0.15, 0.2) is 0 Å². The van der Waals surface area contributed by atoms with Crippen molar-refractivity contribution in [1.29, 1.82) is 0 Å². The van der Waals surface area contributed by atoms with Crippen molar-refractivity contribution < 1.29 is 8.42 Å². The van der Waals surface area contributed by atoms with Crippen LogP contribution in [-0.2, 0) is 16.6 Å². The van der Waals surface area contributed by atoms with Crippen molar-refractivity contribution in [2.75, 3.05) is 0 Å². The average Bonchev–Trinajstić information content (AvgIpc) is 3.04. The summed E-state index contributed by atoms with van der Waals surface area (Å²) in [5, 5.41) is 3.52. The molecule has 1 aliphatic carbocycles. The largest absolute Gasteiger partial charge is 0.310 e. The summed E-state index contributed by atoms with van der Waals surface area (Å²) in [7, 11) is -3.56. The lowest BCUT2D eigenvalue weighted by molar-refractivity contribution is 0.557. The zero-order chi connectivity index (χ0) is 15.0. The van der Waals surface area contributed by atoms with Gasteiger partial charge in [0, 0.05) is 18.1 Å². The fraction of sp³-hybridized carbons (Fsp3) is 0.571. The number of sulfonamides is 1. The van der Waals surface area contributed by atoms with Crippen molar-refractivity contribution in [3.8, 4) is 0 Å². The fourth-order valence-electron chi connectivity index (χ4n) is 1.85. The summed E-state index contributed by atoms with van der Waals surface area (Å²) in [6.45, 7) is 6.61. The highest BCUT2D eigenvalue weighted by molar-refractivity contribution is 7.89. The highest BCUT2D eigenvalue weighted by Crippen LogP contribution is 2.36. The Labute approximate surface area is 126 Å². The second-order valence-electron chi connectivity index (χ2n) is 5.97. The van der Waals surface area contributed by atoms with Gasteiger partial charge >= 0.3 is 0 Å². The molecule has 0 radical (unpaired) electrons. The maximum Gasteiger partial charge on any atom is 0.242 e. The van der Waals surface area contributed by atoms with E-state index in [2.05, 4.69) is 10.0 Å². The minimum Gasteiger partial charge on any atom is -0.310 e. The van der Waals surface area contributed by atoms with Gasteiger partial charge in [0.1, 0.15) is 4.90 Å². The van der Waals surface area contributed by atoms with E-state index in [1.54, 1.807) is 12.1 Å². The Morgan fingerprint density at radius 2 is 2.00 bits per heavy atom. The maximum absolute atomic E-state index is 12.4. The number of nitrogens with one attached hydrogen (secondary N) is 2. The van der Waals surface area contributed by atoms with Crippen LogP contribution < -0.4 is 10.0 Å². The predicted molar refractivity (Wildman–Crippen MR) is 81.4 cm³/mol. The monoisotopic (exact) mass is 316 g/mol. The first kappa shape index (κ1) is 15.8. The van der Waals surface area contributed by atoms with Gasteiger partial charge in [0.2, 0.25) is 10.0 Å². The van der Waals surface area contributed by atoms with Gasteiger partial charge in [-0.25, -0.2) is 13.1 Å². The Kier molecular flexibility index (Phi) is 4.44. The van der Waals surface area contributed by atoms with E-state index in [1.807, 2.05) is 26.8 Å². The molecular formula is C14H21ClN2O2S. The highest BCUT2D eigenvalue weighted by Gasteiger charge is 2.41. The summed E-state index contributed by atoms with van der Waals surface area (Å²) in [5.41, 5.74) is 0.610. The molecule has 0 atom stereocenters. The standard InChI is InChI=1S/C14H21ClN2O2S/c1-10(2)16-9-11-4-5-12(15)13(8-11)20(18,19)17-14(3)6-7-14/h4-5,8,10,16-17H,6-7,9H2,1-3H3. The highest BCUT2D eigenvalue weighted by atomic mass is 35.5. The molecule has 0 saturated heterocycles. The van der Waals surface area contributed by atoms with Crippen LogP contribution in [0.25, 0.3) is 0 Å². The van der Waals surface area contributed by atoms with Crippen molar-refractivity contribution in [3.63, 3.8) is 0 Å². The molecule has 1 fully saturated rings. The van der Waals surface area contributed by atoms with E-state index in [0.29, 0.717) is 12.6 Å². The lowest BCUT2D eigenvalue weighted by Gasteiger charge is -2.15. The van der Waals surface area contributed by atoms with E-state index in [9.17, 15) is 8.42 Å². The van der Waals surface area contributed by atoms with Gasteiger partial charge in [-0.1, -0.05) is 31.5 Å². The van der Waals surface area contributed by atoms with Gasteiger partial charge in [0.25, 0.3) is 0 Å². The molecule has 1 aliphatic rings. The molecule has 20 heavy (non-hydrogen) atoms. The summed E-state index contributed by atoms with van der Waals surface area (Å²) >= 11 is 6.05. The van der Waals surface area contributed by atoms with Crippen LogP contribution in [0.4, 0.5) is 0 Å². The summed E-state index contributed by atoms with van der Waals surface area (Å²) in [6, 6.07) is 5.47. The van der Waals surface area contributed by atoms with Crippen LogP contribution >= 0.6 is 11.6 Å². The van der Waals surface area contributed by atoms with E-state index < -0.39 is 10.0 Å². The first-order valence-electron chi connectivity index (χ1n) is 6.78. The first-order chi connectivity index (χ1) is 9.22. The van der Waals surface area contributed by atoms with Crippen LogP contribution in [-0.4, -0.2) is 20.0 Å². The molecule has 2 N–H and O–H groups in total. The fourth-order valence-corrected chi connectivity index (χ4v) is 3.87. The van der Waals surface area contributed by atoms with Gasteiger partial charge < -0.3 is 5.32 Å².